The second-order valence-electron chi connectivity index (χ2n) is 11.7. The summed E-state index contributed by atoms with van der Waals surface area (Å²) in [5, 5.41) is 3.89. The molecule has 2 saturated heterocycles. The number of carbonyl (C=O) groups excluding carboxylic acids is 2. The number of hydrogen-bond donors (Lipinski definition) is 1. The first-order valence-corrected chi connectivity index (χ1v) is 17.6. The largest absolute Gasteiger partial charge is 0.479 e. The van der Waals surface area contributed by atoms with Gasteiger partial charge in [-0.25, -0.2) is 0 Å². The molecule has 1 unspecified atom stereocenters. The molecule has 41 heavy (non-hydrogen) atoms. The molecule has 0 bridgehead atoms. The van der Waals surface area contributed by atoms with Crippen LogP contribution in [0.1, 0.15) is 24.8 Å². The molecule has 0 radical (unpaired) electrons. The van der Waals surface area contributed by atoms with Gasteiger partial charge in [0.2, 0.25) is 29.6 Å². The van der Waals surface area contributed by atoms with E-state index in [4.69, 9.17) is 18.9 Å². The molecule has 1 aromatic heterocycles. The number of ketones is 1. The lowest BCUT2D eigenvalue weighted by Gasteiger charge is -2.43. The van der Waals surface area contributed by atoms with Crippen molar-refractivity contribution in [2.24, 2.45) is 0 Å². The van der Waals surface area contributed by atoms with Crippen LogP contribution in [0.2, 0.25) is 19.6 Å². The smallest absolute Gasteiger partial charge is 0.289 e. The highest BCUT2D eigenvalue weighted by Crippen LogP contribution is 2.35. The van der Waals surface area contributed by atoms with Crippen molar-refractivity contribution in [2.45, 2.75) is 58.0 Å². The molecule has 220 valence electrons. The van der Waals surface area contributed by atoms with Crippen molar-refractivity contribution in [2.75, 3.05) is 50.6 Å². The second kappa shape index (κ2) is 11.7. The van der Waals surface area contributed by atoms with E-state index >= 15 is 0 Å². The highest BCUT2D eigenvalue weighted by atomic mass is 28.3. The van der Waals surface area contributed by atoms with E-state index in [9.17, 15) is 9.59 Å². The van der Waals surface area contributed by atoms with Gasteiger partial charge in [-0.3, -0.25) is 9.59 Å². The number of ether oxygens (including phenoxy) is 4. The van der Waals surface area contributed by atoms with E-state index < -0.39 is 25.9 Å². The Hall–Kier alpha value is -3.64. The lowest BCUT2D eigenvalue weighted by Crippen LogP contribution is -2.50. The van der Waals surface area contributed by atoms with E-state index in [1.165, 1.54) is 45.0 Å². The van der Waals surface area contributed by atoms with Crippen molar-refractivity contribution >= 4 is 36.6 Å². The molecule has 2 aromatic rings. The molecule has 1 N–H and O–H groups in total. The number of carbonyl (C=O) groups is 2. The molecule has 1 amide bonds. The summed E-state index contributed by atoms with van der Waals surface area (Å²) in [5.74, 6) is 0.0693. The minimum Gasteiger partial charge on any atom is -0.479 e. The van der Waals surface area contributed by atoms with Crippen molar-refractivity contribution in [3.8, 4) is 17.5 Å². The van der Waals surface area contributed by atoms with Gasteiger partial charge >= 0.3 is 0 Å². The number of piperidine rings is 1. The number of anilines is 2. The van der Waals surface area contributed by atoms with Gasteiger partial charge in [0, 0.05) is 19.1 Å². The number of rotatable bonds is 9. The van der Waals surface area contributed by atoms with E-state index in [-0.39, 0.29) is 23.4 Å². The van der Waals surface area contributed by atoms with Crippen molar-refractivity contribution in [1.82, 2.24) is 14.9 Å². The molecular weight excluding hydrogens is 542 g/mol. The standard InChI is InChI=1S/C29H39N5O6Si/c1-18-8-9-20(41(4,5)6)16-22(18)39-23-17-21(35)25(40-23)26(36)30-24-27(37-2)31-29(32-28(24)38-3)34-14-10-19(11-15-34)33-12-7-13-33/h8-9,16-17,19,25H,7,10-15H2,1-6H3,(H,30,36). The average molecular weight is 582 g/mol. The van der Waals surface area contributed by atoms with Gasteiger partial charge in [0.05, 0.1) is 28.4 Å². The van der Waals surface area contributed by atoms with E-state index in [0.29, 0.717) is 17.7 Å². The third-order valence-corrected chi connectivity index (χ3v) is 9.92. The van der Waals surface area contributed by atoms with E-state index in [2.05, 4.69) is 50.8 Å². The summed E-state index contributed by atoms with van der Waals surface area (Å²) in [4.78, 5) is 39.7. The van der Waals surface area contributed by atoms with Crippen molar-refractivity contribution in [3.05, 3.63) is 35.8 Å². The number of nitrogens with one attached hydrogen (secondary N) is 1. The number of likely N-dealkylation sites (tertiary alicyclic amines) is 1. The zero-order chi connectivity index (χ0) is 29.3. The lowest BCUT2D eigenvalue weighted by molar-refractivity contribution is -0.134. The fourth-order valence-corrected chi connectivity index (χ4v) is 6.35. The number of methoxy groups -OCH3 is 2. The molecule has 3 aliphatic heterocycles. The van der Waals surface area contributed by atoms with E-state index in [0.717, 1.165) is 31.5 Å². The van der Waals surface area contributed by atoms with Crippen LogP contribution in [0.5, 0.6) is 17.5 Å². The lowest BCUT2D eigenvalue weighted by atomic mass is 10.00. The Balaban J connectivity index is 1.27. The quantitative estimate of drug-likeness (QED) is 0.350. The van der Waals surface area contributed by atoms with Crippen molar-refractivity contribution in [3.63, 3.8) is 0 Å². The Kier molecular flexibility index (Phi) is 8.23. The van der Waals surface area contributed by atoms with E-state index in [1.807, 2.05) is 19.1 Å². The monoisotopic (exact) mass is 581 g/mol. The van der Waals surface area contributed by atoms with Crippen LogP contribution < -0.4 is 29.6 Å². The van der Waals surface area contributed by atoms with Crippen LogP contribution in [0.25, 0.3) is 0 Å². The number of hydrogen-bond acceptors (Lipinski definition) is 10. The molecule has 11 nitrogen and oxygen atoms in total. The van der Waals surface area contributed by atoms with Gasteiger partial charge in [-0.05, 0) is 50.9 Å². The van der Waals surface area contributed by atoms with Crippen LogP contribution in [0, 0.1) is 6.92 Å². The van der Waals surface area contributed by atoms with Crippen LogP contribution in [0.3, 0.4) is 0 Å². The number of nitrogens with zero attached hydrogens (tertiary/aromatic N) is 4. The SMILES string of the molecule is COc1nc(N2CCC(N3CCC3)CC2)nc(OC)c1NC(=O)C1OC(Oc2cc([Si](C)(C)C)ccc2C)=CC1=O. The van der Waals surface area contributed by atoms with Gasteiger partial charge in [0.25, 0.3) is 11.9 Å². The maximum atomic E-state index is 13.2. The van der Waals surface area contributed by atoms with Gasteiger partial charge in [-0.2, -0.15) is 9.97 Å². The fraction of sp³-hybridized carbons (Fsp3) is 0.517. The highest BCUT2D eigenvalue weighted by molar-refractivity contribution is 6.88. The first-order valence-electron chi connectivity index (χ1n) is 14.1. The van der Waals surface area contributed by atoms with Gasteiger partial charge in [-0.1, -0.05) is 37.0 Å². The summed E-state index contributed by atoms with van der Waals surface area (Å²) in [6, 6.07) is 6.66. The summed E-state index contributed by atoms with van der Waals surface area (Å²) in [5.41, 5.74) is 1.02. The predicted octanol–water partition coefficient (Wildman–Crippen LogP) is 2.85. The highest BCUT2D eigenvalue weighted by Gasteiger charge is 2.37. The molecule has 5 rings (SSSR count). The Bertz CT molecular complexity index is 1320. The van der Waals surface area contributed by atoms with E-state index in [1.54, 1.807) is 0 Å². The number of benzene rings is 1. The van der Waals surface area contributed by atoms with Gasteiger partial charge in [-0.15, -0.1) is 0 Å². The van der Waals surface area contributed by atoms with Crippen molar-refractivity contribution in [1.29, 1.82) is 0 Å². The maximum Gasteiger partial charge on any atom is 0.289 e. The first-order chi connectivity index (χ1) is 19.6. The zero-order valence-corrected chi connectivity index (χ0v) is 25.7. The summed E-state index contributed by atoms with van der Waals surface area (Å²) in [6.07, 6.45) is 3.11. The Morgan fingerprint density at radius 2 is 1.71 bits per heavy atom. The summed E-state index contributed by atoms with van der Waals surface area (Å²) < 4.78 is 22.6. The molecule has 1 atom stereocenters. The summed E-state index contributed by atoms with van der Waals surface area (Å²) in [6.45, 7) is 12.6. The minimum atomic E-state index is -1.58. The summed E-state index contributed by atoms with van der Waals surface area (Å²) in [7, 11) is 1.33. The molecule has 1 aromatic carbocycles. The number of aromatic nitrogens is 2. The van der Waals surface area contributed by atoms with Gasteiger partial charge < -0.3 is 34.1 Å². The molecule has 4 heterocycles. The Morgan fingerprint density at radius 1 is 1.05 bits per heavy atom. The predicted molar refractivity (Wildman–Crippen MR) is 158 cm³/mol. The first kappa shape index (κ1) is 28.9. The fourth-order valence-electron chi connectivity index (χ4n) is 5.20. The Labute approximate surface area is 241 Å². The average Bonchev–Trinajstić information content (AvgIpc) is 3.28. The molecule has 3 aliphatic rings. The van der Waals surface area contributed by atoms with Crippen LogP contribution in [0.15, 0.2) is 30.2 Å². The van der Waals surface area contributed by atoms with Crippen LogP contribution >= 0.6 is 0 Å². The molecule has 2 fully saturated rings. The van der Waals surface area contributed by atoms with Crippen molar-refractivity contribution < 1.29 is 28.5 Å². The van der Waals surface area contributed by atoms with Gasteiger partial charge in [0.15, 0.2) is 5.69 Å². The maximum absolute atomic E-state index is 13.2. The normalized spacial score (nSPS) is 19.8. The topological polar surface area (TPSA) is 115 Å². The minimum absolute atomic E-state index is 0.0295. The third kappa shape index (κ3) is 6.18. The van der Waals surface area contributed by atoms with Crippen LogP contribution in [0.4, 0.5) is 11.6 Å². The second-order valence-corrected chi connectivity index (χ2v) is 16.8. The van der Waals surface area contributed by atoms with Gasteiger partial charge in [0.1, 0.15) is 5.75 Å². The molecule has 0 saturated carbocycles. The molecule has 0 spiro atoms. The number of amides is 1. The van der Waals surface area contributed by atoms with Crippen LogP contribution in [-0.2, 0) is 14.3 Å². The number of aryl methyl sites for hydroxylation is 1. The summed E-state index contributed by atoms with van der Waals surface area (Å²) >= 11 is 0. The third-order valence-electron chi connectivity index (χ3n) is 7.88. The zero-order valence-electron chi connectivity index (χ0n) is 24.7. The van der Waals surface area contributed by atoms with Crippen LogP contribution in [-0.4, -0.2) is 87.2 Å². The molecule has 12 heteroatoms. The molecular formula is C29H39N5O6Si. The Morgan fingerprint density at radius 3 is 2.27 bits per heavy atom. The molecule has 0 aliphatic carbocycles.